The van der Waals surface area contributed by atoms with E-state index in [0.29, 0.717) is 6.54 Å². The minimum atomic E-state index is -1.60. The van der Waals surface area contributed by atoms with Gasteiger partial charge in [0.1, 0.15) is 5.75 Å². The fourth-order valence-electron chi connectivity index (χ4n) is 1.79. The summed E-state index contributed by atoms with van der Waals surface area (Å²) in [4.78, 5) is 8.55. The lowest BCUT2D eigenvalue weighted by atomic mass is 10.2. The SMILES string of the molecule is Cn1cncc1C=NCc1ccccc1O[Si](C)(C)C. The van der Waals surface area contributed by atoms with E-state index < -0.39 is 8.32 Å². The van der Waals surface area contributed by atoms with Gasteiger partial charge in [0, 0.05) is 18.8 Å². The molecule has 0 atom stereocenters. The lowest BCUT2D eigenvalue weighted by Gasteiger charge is -2.21. The summed E-state index contributed by atoms with van der Waals surface area (Å²) < 4.78 is 8.03. The van der Waals surface area contributed by atoms with Crippen molar-refractivity contribution < 1.29 is 4.43 Å². The van der Waals surface area contributed by atoms with Crippen LogP contribution in [0.3, 0.4) is 0 Å². The Kier molecular flexibility index (Phi) is 4.39. The van der Waals surface area contributed by atoms with Gasteiger partial charge < -0.3 is 8.99 Å². The zero-order valence-electron chi connectivity index (χ0n) is 12.5. The molecule has 5 heteroatoms. The summed E-state index contributed by atoms with van der Waals surface area (Å²) in [6, 6.07) is 8.11. The third kappa shape index (κ3) is 4.06. The minimum absolute atomic E-state index is 0.617. The molecule has 1 aromatic heterocycles. The normalized spacial score (nSPS) is 12.0. The first-order valence-corrected chi connectivity index (χ1v) is 10.1. The van der Waals surface area contributed by atoms with Crippen LogP contribution < -0.4 is 4.43 Å². The molecule has 0 aliphatic carbocycles. The highest BCUT2D eigenvalue weighted by Crippen LogP contribution is 2.22. The van der Waals surface area contributed by atoms with Gasteiger partial charge in [0.25, 0.3) is 0 Å². The van der Waals surface area contributed by atoms with Crippen molar-refractivity contribution >= 4 is 14.5 Å². The topological polar surface area (TPSA) is 39.4 Å². The zero-order chi connectivity index (χ0) is 14.6. The van der Waals surface area contributed by atoms with Crippen molar-refractivity contribution in [2.45, 2.75) is 26.2 Å². The summed E-state index contributed by atoms with van der Waals surface area (Å²) in [6.07, 6.45) is 5.41. The zero-order valence-corrected chi connectivity index (χ0v) is 13.5. The van der Waals surface area contributed by atoms with Gasteiger partial charge in [-0.3, -0.25) is 4.99 Å². The fraction of sp³-hybridized carbons (Fsp3) is 0.333. The van der Waals surface area contributed by atoms with Crippen molar-refractivity contribution in [3.63, 3.8) is 0 Å². The van der Waals surface area contributed by atoms with E-state index in [4.69, 9.17) is 4.43 Å². The average molecular weight is 287 g/mol. The Morgan fingerprint density at radius 3 is 2.70 bits per heavy atom. The first kappa shape index (κ1) is 14.5. The molecule has 0 aliphatic heterocycles. The second-order valence-electron chi connectivity index (χ2n) is 5.72. The highest BCUT2D eigenvalue weighted by atomic mass is 28.4. The molecule has 0 unspecified atom stereocenters. The highest BCUT2D eigenvalue weighted by Gasteiger charge is 2.17. The van der Waals surface area contributed by atoms with Crippen molar-refractivity contribution in [2.75, 3.05) is 0 Å². The van der Waals surface area contributed by atoms with Crippen LogP contribution in [0.25, 0.3) is 0 Å². The lowest BCUT2D eigenvalue weighted by Crippen LogP contribution is -2.29. The van der Waals surface area contributed by atoms with E-state index in [2.05, 4.69) is 35.7 Å². The molecule has 0 spiro atoms. The molecule has 0 saturated carbocycles. The summed E-state index contributed by atoms with van der Waals surface area (Å²) in [7, 11) is 0.358. The molecule has 2 aromatic rings. The summed E-state index contributed by atoms with van der Waals surface area (Å²) in [6.45, 7) is 7.17. The predicted octanol–water partition coefficient (Wildman–Crippen LogP) is 3.25. The molecule has 0 fully saturated rings. The first-order valence-electron chi connectivity index (χ1n) is 6.69. The third-order valence-corrected chi connectivity index (χ3v) is 3.56. The van der Waals surface area contributed by atoms with Gasteiger partial charge in [-0.1, -0.05) is 18.2 Å². The molecule has 1 aromatic carbocycles. The number of hydrogen-bond donors (Lipinski definition) is 0. The van der Waals surface area contributed by atoms with E-state index in [0.717, 1.165) is 17.0 Å². The van der Waals surface area contributed by atoms with Crippen LogP contribution >= 0.6 is 0 Å². The number of hydrogen-bond acceptors (Lipinski definition) is 3. The number of para-hydroxylation sites is 1. The van der Waals surface area contributed by atoms with Gasteiger partial charge in [-0.25, -0.2) is 4.98 Å². The van der Waals surface area contributed by atoms with Crippen LogP contribution in [0.4, 0.5) is 0 Å². The van der Waals surface area contributed by atoms with Crippen LogP contribution in [0, 0.1) is 0 Å². The van der Waals surface area contributed by atoms with Crippen molar-refractivity contribution in [1.82, 2.24) is 9.55 Å². The summed E-state index contributed by atoms with van der Waals surface area (Å²) in [5, 5.41) is 0. The molecule has 0 bridgehead atoms. The Morgan fingerprint density at radius 2 is 2.05 bits per heavy atom. The molecule has 1 heterocycles. The number of aryl methyl sites for hydroxylation is 1. The molecule has 0 aliphatic rings. The molecule has 106 valence electrons. The van der Waals surface area contributed by atoms with Gasteiger partial charge in [-0.15, -0.1) is 0 Å². The molecule has 0 N–H and O–H groups in total. The van der Waals surface area contributed by atoms with Crippen LogP contribution in [0.2, 0.25) is 19.6 Å². The maximum Gasteiger partial charge on any atom is 0.242 e. The monoisotopic (exact) mass is 287 g/mol. The van der Waals surface area contributed by atoms with Crippen molar-refractivity contribution in [3.05, 3.63) is 48.0 Å². The van der Waals surface area contributed by atoms with Crippen LogP contribution in [0.5, 0.6) is 5.75 Å². The number of rotatable bonds is 5. The second-order valence-corrected chi connectivity index (χ2v) is 10.2. The van der Waals surface area contributed by atoms with E-state index in [9.17, 15) is 0 Å². The Morgan fingerprint density at radius 1 is 1.30 bits per heavy atom. The average Bonchev–Trinajstić information content (AvgIpc) is 2.75. The summed E-state index contributed by atoms with van der Waals surface area (Å²) in [5.74, 6) is 0.953. The summed E-state index contributed by atoms with van der Waals surface area (Å²) >= 11 is 0. The molecule has 0 radical (unpaired) electrons. The smallest absolute Gasteiger partial charge is 0.242 e. The minimum Gasteiger partial charge on any atom is -0.544 e. The summed E-state index contributed by atoms with van der Waals surface area (Å²) in [5.41, 5.74) is 2.11. The Balaban J connectivity index is 2.10. The van der Waals surface area contributed by atoms with Crippen molar-refractivity contribution in [2.24, 2.45) is 12.0 Å². The molecular formula is C15H21N3OSi. The first-order chi connectivity index (χ1) is 9.46. The van der Waals surface area contributed by atoms with E-state index in [1.807, 2.05) is 36.0 Å². The predicted molar refractivity (Wildman–Crippen MR) is 84.9 cm³/mol. The van der Waals surface area contributed by atoms with E-state index in [1.165, 1.54) is 0 Å². The molecule has 20 heavy (non-hydrogen) atoms. The number of imidazole rings is 1. The molecule has 0 saturated heterocycles. The number of aliphatic imine (C=N–C) groups is 1. The van der Waals surface area contributed by atoms with Gasteiger partial charge in [0.2, 0.25) is 8.32 Å². The number of nitrogens with zero attached hydrogens (tertiary/aromatic N) is 3. The maximum atomic E-state index is 6.09. The van der Waals surface area contributed by atoms with E-state index >= 15 is 0 Å². The molecular weight excluding hydrogens is 266 g/mol. The van der Waals surface area contributed by atoms with Crippen LogP contribution in [0.15, 0.2) is 41.8 Å². The lowest BCUT2D eigenvalue weighted by molar-refractivity contribution is 0.549. The molecule has 4 nitrogen and oxygen atoms in total. The van der Waals surface area contributed by atoms with Crippen LogP contribution in [-0.2, 0) is 13.6 Å². The highest BCUT2D eigenvalue weighted by molar-refractivity contribution is 6.70. The number of benzene rings is 1. The van der Waals surface area contributed by atoms with Crippen LogP contribution in [-0.4, -0.2) is 24.1 Å². The van der Waals surface area contributed by atoms with Gasteiger partial charge in [0.15, 0.2) is 0 Å². The van der Waals surface area contributed by atoms with E-state index in [1.54, 1.807) is 12.5 Å². The maximum absolute atomic E-state index is 6.09. The Bertz CT molecular complexity index is 599. The van der Waals surface area contributed by atoms with Crippen molar-refractivity contribution in [1.29, 1.82) is 0 Å². The van der Waals surface area contributed by atoms with Gasteiger partial charge in [-0.05, 0) is 25.7 Å². The van der Waals surface area contributed by atoms with Gasteiger partial charge in [0.05, 0.1) is 24.8 Å². The fourth-order valence-corrected chi connectivity index (χ4v) is 2.65. The largest absolute Gasteiger partial charge is 0.544 e. The third-order valence-electron chi connectivity index (χ3n) is 2.73. The quantitative estimate of drug-likeness (QED) is 0.625. The Labute approximate surface area is 121 Å². The van der Waals surface area contributed by atoms with Gasteiger partial charge in [-0.2, -0.15) is 0 Å². The van der Waals surface area contributed by atoms with Crippen LogP contribution in [0.1, 0.15) is 11.3 Å². The second kappa shape index (κ2) is 6.05. The molecule has 0 amide bonds. The standard InChI is InChI=1S/C15H21N3OSi/c1-18-12-17-11-14(18)10-16-9-13-7-5-6-8-15(13)19-20(2,3)4/h5-8,10-12H,9H2,1-4H3. The van der Waals surface area contributed by atoms with Gasteiger partial charge >= 0.3 is 0 Å². The Hall–Kier alpha value is -1.88. The number of aromatic nitrogens is 2. The van der Waals surface area contributed by atoms with Crippen molar-refractivity contribution in [3.8, 4) is 5.75 Å². The molecule has 2 rings (SSSR count). The van der Waals surface area contributed by atoms with E-state index in [-0.39, 0.29) is 0 Å².